The predicted molar refractivity (Wildman–Crippen MR) is 186 cm³/mol. The molecular weight excluding hydrogens is 707 g/mol. The van der Waals surface area contributed by atoms with Gasteiger partial charge >= 0.3 is 12.1 Å². The molecule has 0 unspecified atom stereocenters. The third-order valence-corrected chi connectivity index (χ3v) is 15.3. The Labute approximate surface area is 305 Å². The van der Waals surface area contributed by atoms with E-state index in [-0.39, 0.29) is 35.7 Å². The molecule has 5 fully saturated rings. The number of fused-ring (bicyclic) bond motifs is 5. The highest BCUT2D eigenvalue weighted by Crippen LogP contribution is 2.70. The normalized spacial score (nSPS) is 34.7. The van der Waals surface area contributed by atoms with Gasteiger partial charge in [-0.25, -0.2) is 8.42 Å². The number of alkyl halides is 5. The molecule has 8 atom stereocenters. The van der Waals surface area contributed by atoms with Crippen molar-refractivity contribution in [2.24, 2.45) is 34.5 Å². The van der Waals surface area contributed by atoms with Crippen molar-refractivity contribution in [1.82, 2.24) is 0 Å². The summed E-state index contributed by atoms with van der Waals surface area (Å²) in [6, 6.07) is 8.39. The molecule has 6 rings (SSSR count). The minimum absolute atomic E-state index is 0.0444. The number of benzene rings is 1. The summed E-state index contributed by atoms with van der Waals surface area (Å²) in [4.78, 5) is 0. The van der Waals surface area contributed by atoms with Crippen molar-refractivity contribution in [2.75, 3.05) is 45.2 Å². The predicted octanol–water partition coefficient (Wildman–Crippen LogP) is 8.87. The Hall–Kier alpha value is -1.80. The maximum absolute atomic E-state index is 13.1. The van der Waals surface area contributed by atoms with E-state index in [0.29, 0.717) is 55.3 Å². The van der Waals surface area contributed by atoms with Gasteiger partial charge in [0.1, 0.15) is 19.1 Å². The number of hydrogen-bond donors (Lipinski definition) is 0. The zero-order valence-electron chi connectivity index (χ0n) is 30.6. The fourth-order valence-electron chi connectivity index (χ4n) is 11.0. The summed E-state index contributed by atoms with van der Waals surface area (Å²) < 4.78 is 118. The molecule has 0 amide bonds. The fraction of sp³-hybridized carbons (Fsp3) is 0.795. The third-order valence-electron chi connectivity index (χ3n) is 13.5. The average Bonchev–Trinajstić information content (AvgIpc) is 3.68. The van der Waals surface area contributed by atoms with Crippen molar-refractivity contribution in [3.8, 4) is 5.75 Å². The van der Waals surface area contributed by atoms with Crippen LogP contribution in [0.15, 0.2) is 36.4 Å². The summed E-state index contributed by atoms with van der Waals surface area (Å²) in [7, 11) is -2.09. The summed E-state index contributed by atoms with van der Waals surface area (Å²) in [5, 5.41) is 0. The van der Waals surface area contributed by atoms with E-state index in [0.717, 1.165) is 32.1 Å². The Morgan fingerprint density at radius 1 is 0.904 bits per heavy atom. The lowest BCUT2D eigenvalue weighted by Crippen LogP contribution is -2.58. The lowest BCUT2D eigenvalue weighted by molar-refractivity contribution is -0.284. The smallest absolute Gasteiger partial charge is 0.453 e. The zero-order valence-corrected chi connectivity index (χ0v) is 31.4. The molecule has 0 radical (unpaired) electrons. The van der Waals surface area contributed by atoms with E-state index in [1.54, 1.807) is 19.3 Å². The first kappa shape index (κ1) is 39.9. The molecule has 13 heteroatoms. The minimum Gasteiger partial charge on any atom is -0.490 e. The zero-order chi connectivity index (χ0) is 37.4. The average molecular weight is 763 g/mol. The van der Waals surface area contributed by atoms with Crippen LogP contribution in [0.4, 0.5) is 22.0 Å². The molecule has 0 N–H and O–H groups in total. The number of ether oxygens (including phenoxy) is 5. The van der Waals surface area contributed by atoms with Crippen LogP contribution in [0.2, 0.25) is 0 Å². The molecule has 7 nitrogen and oxygen atoms in total. The van der Waals surface area contributed by atoms with Gasteiger partial charge in [0.05, 0.1) is 30.8 Å². The largest absolute Gasteiger partial charge is 0.490 e. The molecule has 1 heterocycles. The number of halogens is 5. The Morgan fingerprint density at radius 3 is 2.33 bits per heavy atom. The molecule has 5 aliphatic rings. The second kappa shape index (κ2) is 15.4. The Balaban J connectivity index is 1.09. The number of methoxy groups -OCH3 is 1. The van der Waals surface area contributed by atoms with E-state index in [1.165, 1.54) is 24.8 Å². The van der Waals surface area contributed by atoms with Crippen LogP contribution in [-0.2, 0) is 28.8 Å². The van der Waals surface area contributed by atoms with Crippen LogP contribution < -0.4 is 4.74 Å². The SMILES string of the molecule is COCO[C@H]1CC[C@H]2[C@@H]3CC[C@H]4CC5(CC[C@]4(C)[C@H]3[C@@H](c3ccc(OC/C=C/CCS(=O)(=O)CCCC(F)(F)C(F)(F)F)cc3)C[C@]12C)OCCO5. The molecule has 52 heavy (non-hydrogen) atoms. The molecule has 1 saturated heterocycles. The van der Waals surface area contributed by atoms with Crippen molar-refractivity contribution in [1.29, 1.82) is 0 Å². The first-order valence-electron chi connectivity index (χ1n) is 18.9. The van der Waals surface area contributed by atoms with Crippen LogP contribution in [-0.4, -0.2) is 77.6 Å². The van der Waals surface area contributed by atoms with Crippen LogP contribution in [0.1, 0.15) is 96.0 Å². The highest BCUT2D eigenvalue weighted by atomic mass is 32.2. The molecule has 0 aromatic heterocycles. The molecule has 1 aromatic carbocycles. The van der Waals surface area contributed by atoms with Crippen LogP contribution in [0, 0.1) is 34.5 Å². The number of hydrogen-bond acceptors (Lipinski definition) is 7. The quantitative estimate of drug-likeness (QED) is 0.106. The molecule has 0 bridgehead atoms. The highest BCUT2D eigenvalue weighted by Gasteiger charge is 2.65. The van der Waals surface area contributed by atoms with Gasteiger partial charge in [-0.05, 0) is 109 Å². The lowest BCUT2D eigenvalue weighted by Gasteiger charge is -2.64. The standard InChI is InChI=1S/C39H55F5O7S/c1-35-17-18-37(50-20-21-51-37)24-28(35)10-13-30-32-14-15-33(49-26-47-3)36(32,2)25-31(34(30)35)27-8-11-29(12-9-27)48-19-5-4-6-22-52(45,46)23-7-16-38(40,41)39(42,43)44/h4-5,8-9,11-12,28,30-34H,6-7,10,13-26H2,1-3H3/b5-4+/t28-,30-,31+,32-,33-,34+,35-,36-/m0/s1. The van der Waals surface area contributed by atoms with Gasteiger partial charge in [-0.2, -0.15) is 22.0 Å². The molecule has 1 aliphatic heterocycles. The van der Waals surface area contributed by atoms with Gasteiger partial charge in [0.2, 0.25) is 0 Å². The van der Waals surface area contributed by atoms with Gasteiger partial charge in [0.25, 0.3) is 0 Å². The van der Waals surface area contributed by atoms with Gasteiger partial charge in [-0.1, -0.05) is 38.1 Å². The van der Waals surface area contributed by atoms with Crippen LogP contribution >= 0.6 is 0 Å². The summed E-state index contributed by atoms with van der Waals surface area (Å²) in [5.74, 6) is -3.06. The Kier molecular flexibility index (Phi) is 11.8. The fourth-order valence-corrected chi connectivity index (χ4v) is 12.3. The topological polar surface area (TPSA) is 80.3 Å². The van der Waals surface area contributed by atoms with Gasteiger partial charge in [0.15, 0.2) is 15.6 Å². The molecule has 1 spiro atoms. The minimum atomic E-state index is -5.68. The van der Waals surface area contributed by atoms with E-state index in [2.05, 4.69) is 26.0 Å². The van der Waals surface area contributed by atoms with E-state index < -0.39 is 46.3 Å². The Morgan fingerprint density at radius 2 is 1.63 bits per heavy atom. The van der Waals surface area contributed by atoms with Crippen LogP contribution in [0.25, 0.3) is 0 Å². The van der Waals surface area contributed by atoms with Crippen molar-refractivity contribution in [3.05, 3.63) is 42.0 Å². The number of sulfone groups is 1. The van der Waals surface area contributed by atoms with Crippen LogP contribution in [0.3, 0.4) is 0 Å². The van der Waals surface area contributed by atoms with Gasteiger partial charge in [0, 0.05) is 26.4 Å². The van der Waals surface area contributed by atoms with Gasteiger partial charge in [-0.15, -0.1) is 0 Å². The van der Waals surface area contributed by atoms with E-state index in [4.69, 9.17) is 23.7 Å². The van der Waals surface area contributed by atoms with Crippen molar-refractivity contribution in [3.63, 3.8) is 0 Å². The first-order chi connectivity index (χ1) is 24.5. The van der Waals surface area contributed by atoms with E-state index in [1.807, 2.05) is 12.1 Å². The molecule has 294 valence electrons. The van der Waals surface area contributed by atoms with Crippen molar-refractivity contribution < 1.29 is 54.1 Å². The van der Waals surface area contributed by atoms with Crippen LogP contribution in [0.5, 0.6) is 5.75 Å². The number of allylic oxidation sites excluding steroid dienone is 1. The van der Waals surface area contributed by atoms with Gasteiger partial charge in [-0.3, -0.25) is 0 Å². The van der Waals surface area contributed by atoms with Gasteiger partial charge < -0.3 is 23.7 Å². The summed E-state index contributed by atoms with van der Waals surface area (Å²) in [6.07, 6.45) is 4.26. The second-order valence-electron chi connectivity index (χ2n) is 16.4. The molecular formula is C39H55F5O7S. The highest BCUT2D eigenvalue weighted by molar-refractivity contribution is 7.91. The van der Waals surface area contributed by atoms with E-state index >= 15 is 0 Å². The summed E-state index contributed by atoms with van der Waals surface area (Å²) >= 11 is 0. The van der Waals surface area contributed by atoms with Crippen molar-refractivity contribution in [2.45, 2.75) is 114 Å². The monoisotopic (exact) mass is 762 g/mol. The lowest BCUT2D eigenvalue weighted by atomic mass is 9.41. The number of rotatable bonds is 14. The maximum atomic E-state index is 13.1. The first-order valence-corrected chi connectivity index (χ1v) is 20.8. The molecule has 4 saturated carbocycles. The van der Waals surface area contributed by atoms with E-state index in [9.17, 15) is 30.4 Å². The summed E-state index contributed by atoms with van der Waals surface area (Å²) in [6.45, 7) is 6.85. The third kappa shape index (κ3) is 8.09. The maximum Gasteiger partial charge on any atom is 0.453 e. The molecule has 1 aromatic rings. The molecule has 4 aliphatic carbocycles. The van der Waals surface area contributed by atoms with Crippen molar-refractivity contribution >= 4 is 9.84 Å². The second-order valence-corrected chi connectivity index (χ2v) is 18.7. The summed E-state index contributed by atoms with van der Waals surface area (Å²) in [5.41, 5.74) is 1.52. The Bertz CT molecular complexity index is 1490.